The molecule has 2 rings (SSSR count). The van der Waals surface area contributed by atoms with Crippen LogP contribution in [0.5, 0.6) is 5.75 Å². The van der Waals surface area contributed by atoms with Gasteiger partial charge in [0, 0.05) is 5.56 Å². The van der Waals surface area contributed by atoms with Gasteiger partial charge in [0.15, 0.2) is 0 Å². The molecule has 0 bridgehead atoms. The molecule has 94 valence electrons. The van der Waals surface area contributed by atoms with Crippen molar-refractivity contribution in [3.05, 3.63) is 42.3 Å². The average Bonchev–Trinajstić information content (AvgIpc) is 2.85. The van der Waals surface area contributed by atoms with Gasteiger partial charge in [-0.15, -0.1) is 11.6 Å². The minimum atomic E-state index is 0.207. The number of hydrogen-bond donors (Lipinski definition) is 0. The molecule has 0 aliphatic rings. The van der Waals surface area contributed by atoms with E-state index in [1.807, 2.05) is 31.2 Å². The largest absolute Gasteiger partial charge is 0.489 e. The fourth-order valence-corrected chi connectivity index (χ4v) is 1.47. The first-order valence-electron chi connectivity index (χ1n) is 5.45. The summed E-state index contributed by atoms with van der Waals surface area (Å²) in [5.41, 5.74) is 1.79. The summed E-state index contributed by atoms with van der Waals surface area (Å²) in [7, 11) is 0. The van der Waals surface area contributed by atoms with E-state index in [9.17, 15) is 0 Å². The molecule has 2 aromatic rings. The third-order valence-electron chi connectivity index (χ3n) is 2.16. The van der Waals surface area contributed by atoms with Gasteiger partial charge in [-0.05, 0) is 24.6 Å². The van der Waals surface area contributed by atoms with Crippen molar-refractivity contribution in [2.24, 2.45) is 0 Å². The van der Waals surface area contributed by atoms with Gasteiger partial charge in [0.25, 0.3) is 0 Å². The molecule has 0 aliphatic heterocycles. The lowest BCUT2D eigenvalue weighted by Crippen LogP contribution is -1.97. The van der Waals surface area contributed by atoms with Crippen LogP contribution in [-0.2, 0) is 5.88 Å². The van der Waals surface area contributed by atoms with E-state index in [1.165, 1.54) is 0 Å². The van der Waals surface area contributed by atoms with Crippen LogP contribution in [0.3, 0.4) is 0 Å². The minimum absolute atomic E-state index is 0.207. The Bertz CT molecular complexity index is 551. The number of aromatic nitrogens is 2. The third-order valence-corrected chi connectivity index (χ3v) is 2.39. The first kappa shape index (κ1) is 12.6. The van der Waals surface area contributed by atoms with Crippen molar-refractivity contribution in [1.29, 1.82) is 0 Å². The van der Waals surface area contributed by atoms with Crippen molar-refractivity contribution in [2.75, 3.05) is 6.61 Å². The van der Waals surface area contributed by atoms with Crippen LogP contribution in [-0.4, -0.2) is 16.7 Å². The lowest BCUT2D eigenvalue weighted by molar-refractivity contribution is 0.353. The topological polar surface area (TPSA) is 48.2 Å². The highest BCUT2D eigenvalue weighted by molar-refractivity contribution is 6.16. The lowest BCUT2D eigenvalue weighted by Gasteiger charge is -2.06. The first-order valence-corrected chi connectivity index (χ1v) is 5.98. The number of hydrogen-bond acceptors (Lipinski definition) is 4. The van der Waals surface area contributed by atoms with Crippen molar-refractivity contribution in [3.63, 3.8) is 0 Å². The normalized spacial score (nSPS) is 10.3. The molecule has 0 unspecified atom stereocenters. The molecule has 0 saturated heterocycles. The molecule has 0 aliphatic carbocycles. The van der Waals surface area contributed by atoms with E-state index in [1.54, 1.807) is 0 Å². The van der Waals surface area contributed by atoms with E-state index in [2.05, 4.69) is 16.7 Å². The summed E-state index contributed by atoms with van der Waals surface area (Å²) in [6.45, 7) is 6.19. The summed E-state index contributed by atoms with van der Waals surface area (Å²) >= 11 is 5.61. The highest BCUT2D eigenvalue weighted by atomic mass is 35.5. The van der Waals surface area contributed by atoms with Crippen molar-refractivity contribution < 1.29 is 9.26 Å². The quantitative estimate of drug-likeness (QED) is 0.613. The molecule has 18 heavy (non-hydrogen) atoms. The van der Waals surface area contributed by atoms with Gasteiger partial charge in [0.05, 0.1) is 0 Å². The molecule has 0 amide bonds. The van der Waals surface area contributed by atoms with Crippen molar-refractivity contribution >= 4 is 11.6 Å². The number of rotatable bonds is 5. The Morgan fingerprint density at radius 1 is 1.50 bits per heavy atom. The Labute approximate surface area is 110 Å². The fourth-order valence-electron chi connectivity index (χ4n) is 1.36. The SMILES string of the molecule is C=C(C)COc1cccc(-c2noc(CCl)n2)c1. The van der Waals surface area contributed by atoms with Gasteiger partial charge in [-0.25, -0.2) is 0 Å². The molecule has 0 atom stereocenters. The summed E-state index contributed by atoms with van der Waals surface area (Å²) < 4.78 is 10.5. The van der Waals surface area contributed by atoms with E-state index in [0.29, 0.717) is 18.3 Å². The number of nitrogens with zero attached hydrogens (tertiary/aromatic N) is 2. The molecule has 0 N–H and O–H groups in total. The van der Waals surface area contributed by atoms with Gasteiger partial charge in [0.1, 0.15) is 18.2 Å². The van der Waals surface area contributed by atoms with Crippen LogP contribution in [0.1, 0.15) is 12.8 Å². The summed E-state index contributed by atoms with van der Waals surface area (Å²) in [5, 5.41) is 3.85. The van der Waals surface area contributed by atoms with E-state index >= 15 is 0 Å². The molecule has 0 saturated carbocycles. The average molecular weight is 265 g/mol. The number of alkyl halides is 1. The molecule has 0 spiro atoms. The number of benzene rings is 1. The summed E-state index contributed by atoms with van der Waals surface area (Å²) in [5.74, 6) is 1.86. The number of halogens is 1. The maximum Gasteiger partial charge on any atom is 0.241 e. The Hall–Kier alpha value is -1.81. The van der Waals surface area contributed by atoms with Crippen LogP contribution in [0, 0.1) is 0 Å². The second kappa shape index (κ2) is 5.69. The van der Waals surface area contributed by atoms with Gasteiger partial charge in [-0.1, -0.05) is 23.9 Å². The van der Waals surface area contributed by atoms with Crippen LogP contribution < -0.4 is 4.74 Å². The van der Waals surface area contributed by atoms with E-state index in [-0.39, 0.29) is 5.88 Å². The Morgan fingerprint density at radius 3 is 3.00 bits per heavy atom. The molecule has 0 fully saturated rings. The first-order chi connectivity index (χ1) is 8.69. The summed E-state index contributed by atoms with van der Waals surface area (Å²) in [4.78, 5) is 4.15. The molecular weight excluding hydrogens is 252 g/mol. The van der Waals surface area contributed by atoms with Crippen LogP contribution in [0.25, 0.3) is 11.4 Å². The van der Waals surface area contributed by atoms with E-state index < -0.39 is 0 Å². The lowest BCUT2D eigenvalue weighted by atomic mass is 10.2. The monoisotopic (exact) mass is 264 g/mol. The Morgan fingerprint density at radius 2 is 2.33 bits per heavy atom. The smallest absolute Gasteiger partial charge is 0.241 e. The molecule has 0 radical (unpaired) electrons. The fraction of sp³-hybridized carbons (Fsp3) is 0.231. The summed E-state index contributed by atoms with van der Waals surface area (Å²) in [6, 6.07) is 7.48. The summed E-state index contributed by atoms with van der Waals surface area (Å²) in [6.07, 6.45) is 0. The van der Waals surface area contributed by atoms with Gasteiger partial charge in [-0.3, -0.25) is 0 Å². The van der Waals surface area contributed by atoms with Crippen LogP contribution >= 0.6 is 11.6 Å². The zero-order chi connectivity index (χ0) is 13.0. The van der Waals surface area contributed by atoms with Gasteiger partial charge < -0.3 is 9.26 Å². The third kappa shape index (κ3) is 3.11. The van der Waals surface area contributed by atoms with Crippen molar-refractivity contribution in [3.8, 4) is 17.1 Å². The predicted octanol–water partition coefficient (Wildman–Crippen LogP) is 3.43. The molecule has 1 aromatic carbocycles. The van der Waals surface area contributed by atoms with Gasteiger partial charge >= 0.3 is 0 Å². The zero-order valence-electron chi connectivity index (χ0n) is 10.0. The van der Waals surface area contributed by atoms with E-state index in [0.717, 1.165) is 16.9 Å². The van der Waals surface area contributed by atoms with Crippen molar-refractivity contribution in [2.45, 2.75) is 12.8 Å². The minimum Gasteiger partial charge on any atom is -0.489 e. The molecule has 5 heteroatoms. The van der Waals surface area contributed by atoms with Crippen LogP contribution in [0.4, 0.5) is 0 Å². The Balaban J connectivity index is 2.18. The standard InChI is InChI=1S/C13H13ClN2O2/c1-9(2)8-17-11-5-3-4-10(6-11)13-15-12(7-14)18-16-13/h3-6H,1,7-8H2,2H3. The van der Waals surface area contributed by atoms with Crippen LogP contribution in [0.15, 0.2) is 40.9 Å². The Kier molecular flexibility index (Phi) is 3.99. The maximum absolute atomic E-state index is 5.61. The molecule has 4 nitrogen and oxygen atoms in total. The van der Waals surface area contributed by atoms with E-state index in [4.69, 9.17) is 20.9 Å². The van der Waals surface area contributed by atoms with Crippen LogP contribution in [0.2, 0.25) is 0 Å². The second-order valence-corrected chi connectivity index (χ2v) is 4.19. The predicted molar refractivity (Wildman–Crippen MR) is 69.6 cm³/mol. The second-order valence-electron chi connectivity index (χ2n) is 3.92. The zero-order valence-corrected chi connectivity index (χ0v) is 10.8. The maximum atomic E-state index is 5.61. The van der Waals surface area contributed by atoms with Gasteiger partial charge in [-0.2, -0.15) is 4.98 Å². The highest BCUT2D eigenvalue weighted by Crippen LogP contribution is 2.22. The van der Waals surface area contributed by atoms with Crippen molar-refractivity contribution in [1.82, 2.24) is 10.1 Å². The molecule has 1 aromatic heterocycles. The molecular formula is C13H13ClN2O2. The van der Waals surface area contributed by atoms with Gasteiger partial charge in [0.2, 0.25) is 11.7 Å². The number of ether oxygens (including phenoxy) is 1. The highest BCUT2D eigenvalue weighted by Gasteiger charge is 2.08. The molecule has 1 heterocycles.